The number of benzene rings is 6. The quantitative estimate of drug-likeness (QED) is 0.161. The van der Waals surface area contributed by atoms with Gasteiger partial charge in [0.15, 0.2) is 0 Å². The Balaban J connectivity index is 0.000000386. The molecule has 0 amide bonds. The lowest BCUT2D eigenvalue weighted by molar-refractivity contribution is 0.523. The van der Waals surface area contributed by atoms with Gasteiger partial charge in [0.05, 0.1) is 0 Å². The summed E-state index contributed by atoms with van der Waals surface area (Å²) in [6.07, 6.45) is 3.46. The van der Waals surface area contributed by atoms with E-state index in [1.54, 1.807) is 29.8 Å². The molecular formula is C87H136. The van der Waals surface area contributed by atoms with Gasteiger partial charge >= 0.3 is 0 Å². The minimum absolute atomic E-state index is 0.0750. The molecule has 0 spiro atoms. The third kappa shape index (κ3) is 27.1. The standard InChI is InChI=1S/C18H30.C15H22.2C14H22.2C13H20/c1-16(2,3)13-10-11-14(17(4,5)6)15(12-13)18(7,8)9;1-15(2,3)14-10-8-13(9-11-14)12-6-4-5-7-12;1-13(2,3)11-7-9-12(10-8-11)14(4,5)6;1-6-11(2)12-7-9-13(10-8-12)14(3,4)5;2*1-10(2)11-6-8-12(9-7-11)13(3,4)5/h10-12H,1-9H3;8-12H,4-7H2,1-3H3;7-10H,1-6H3;7-11H,6H2,1-5H3;2*6-10H,1-5H3/i;;;2D3,6D2,11D;10D;. The summed E-state index contributed by atoms with van der Waals surface area (Å²) in [6, 6.07) is 49.4. The molecule has 0 aliphatic heterocycles. The first kappa shape index (κ1) is 66.7. The normalized spacial score (nSPS) is 16.0. The van der Waals surface area contributed by atoms with Gasteiger partial charge in [-0.15, -0.1) is 0 Å². The number of hydrogen-bond acceptors (Lipinski definition) is 0. The Labute approximate surface area is 551 Å². The van der Waals surface area contributed by atoms with E-state index in [1.165, 1.54) is 75.8 Å². The van der Waals surface area contributed by atoms with Gasteiger partial charge in [-0.05, 0) is 164 Å². The summed E-state index contributed by atoms with van der Waals surface area (Å²) in [5, 5.41) is 0. The second-order valence-corrected chi connectivity index (χ2v) is 34.7. The molecule has 1 atom stereocenters. The largest absolute Gasteiger partial charge is 0.0648 e. The molecule has 0 bridgehead atoms. The molecule has 0 heterocycles. The zero-order valence-corrected chi connectivity index (χ0v) is 62.3. The van der Waals surface area contributed by atoms with Crippen molar-refractivity contribution in [2.75, 3.05) is 0 Å². The highest BCUT2D eigenvalue weighted by atomic mass is 14.3. The van der Waals surface area contributed by atoms with Crippen LogP contribution in [0, 0.1) is 0 Å². The monoisotopic (exact) mass is 1190 g/mol. The molecule has 0 nitrogen and oxygen atoms in total. The Morgan fingerprint density at radius 2 is 0.609 bits per heavy atom. The topological polar surface area (TPSA) is 0 Å². The zero-order chi connectivity index (χ0) is 73.3. The highest BCUT2D eigenvalue weighted by molar-refractivity contribution is 5.43. The first-order valence-electron chi connectivity index (χ1n) is 36.6. The van der Waals surface area contributed by atoms with Gasteiger partial charge < -0.3 is 0 Å². The van der Waals surface area contributed by atoms with Crippen molar-refractivity contribution in [3.05, 3.63) is 212 Å². The average molecular weight is 1190 g/mol. The predicted octanol–water partition coefficient (Wildman–Crippen LogP) is 27.2. The molecule has 6 aromatic rings. The van der Waals surface area contributed by atoms with Crippen LogP contribution in [0.3, 0.4) is 0 Å². The predicted molar refractivity (Wildman–Crippen MR) is 395 cm³/mol. The van der Waals surface area contributed by atoms with E-state index in [9.17, 15) is 0 Å². The van der Waals surface area contributed by atoms with Crippen LogP contribution < -0.4 is 0 Å². The van der Waals surface area contributed by atoms with Crippen LogP contribution in [0.1, 0.15) is 366 Å². The van der Waals surface area contributed by atoms with Gasteiger partial charge in [-0.25, -0.2) is 0 Å². The first-order valence-corrected chi connectivity index (χ1v) is 33.1. The molecule has 484 valence electrons. The Bertz CT molecular complexity index is 3030. The van der Waals surface area contributed by atoms with Gasteiger partial charge in [0.1, 0.15) is 0 Å². The van der Waals surface area contributed by atoms with Crippen molar-refractivity contribution in [1.82, 2.24) is 0 Å². The van der Waals surface area contributed by atoms with Crippen LogP contribution in [-0.2, 0) is 48.7 Å². The third-order valence-electron chi connectivity index (χ3n) is 16.8. The highest BCUT2D eigenvalue weighted by Crippen LogP contribution is 2.38. The lowest BCUT2D eigenvalue weighted by Crippen LogP contribution is -2.23. The summed E-state index contributed by atoms with van der Waals surface area (Å²) in [4.78, 5) is 0. The molecule has 7 rings (SSSR count). The minimum Gasteiger partial charge on any atom is -0.0648 e. The third-order valence-corrected chi connectivity index (χ3v) is 16.8. The summed E-state index contributed by atoms with van der Waals surface area (Å²) in [5.41, 5.74) is 18.5. The summed E-state index contributed by atoms with van der Waals surface area (Å²) >= 11 is 0. The van der Waals surface area contributed by atoms with Gasteiger partial charge in [0.25, 0.3) is 0 Å². The van der Waals surface area contributed by atoms with Gasteiger partial charge in [-0.1, -0.05) is 381 Å². The van der Waals surface area contributed by atoms with Crippen molar-refractivity contribution in [3.8, 4) is 0 Å². The molecule has 1 fully saturated rings. The molecule has 0 N–H and O–H groups in total. The summed E-state index contributed by atoms with van der Waals surface area (Å²) in [5.74, 6) is -1.29. The molecule has 6 aromatic carbocycles. The molecule has 87 heavy (non-hydrogen) atoms. The van der Waals surface area contributed by atoms with Crippen LogP contribution >= 0.6 is 0 Å². The van der Waals surface area contributed by atoms with E-state index >= 15 is 0 Å². The van der Waals surface area contributed by atoms with Crippen LogP contribution in [0.4, 0.5) is 0 Å². The van der Waals surface area contributed by atoms with Crippen molar-refractivity contribution in [2.24, 2.45) is 0 Å². The van der Waals surface area contributed by atoms with Crippen molar-refractivity contribution in [1.29, 1.82) is 0 Å². The molecule has 0 heteroatoms. The van der Waals surface area contributed by atoms with Gasteiger partial charge in [0.2, 0.25) is 0 Å². The van der Waals surface area contributed by atoms with E-state index in [-0.39, 0.29) is 54.3 Å². The fourth-order valence-electron chi connectivity index (χ4n) is 10.2. The SMILES string of the molecule is CC(C)(C)c1ccc(C(C)(C)C)c(C(C)(C)C)c1.CC(C)(C)c1ccc(C(C)(C)C)cc1.CC(C)(C)c1ccc(C2CCCC2)cc1.CC(C)c1ccc(C(C)(C)C)cc1.[2H]C(C)(C)c1ccc(C(C)(C)C)cc1.[2H]C([2H])([2H])C([2H])(c1ccc(C(C)(C)C)cc1)C([2H])([2H])C. The van der Waals surface area contributed by atoms with Crippen molar-refractivity contribution in [3.63, 3.8) is 0 Å². The maximum Gasteiger partial charge on any atom is 0.0349 e. The first-order chi connectivity index (χ1) is 41.9. The number of hydrogen-bond donors (Lipinski definition) is 0. The second kappa shape index (κ2) is 31.9. The molecular weight excluding hydrogens is 1040 g/mol. The summed E-state index contributed by atoms with van der Waals surface area (Å²) in [6.45, 7) is 67.2. The van der Waals surface area contributed by atoms with Gasteiger partial charge in [0, 0.05) is 9.60 Å². The fourth-order valence-corrected chi connectivity index (χ4v) is 10.2. The van der Waals surface area contributed by atoms with Gasteiger partial charge in [-0.2, -0.15) is 0 Å². The van der Waals surface area contributed by atoms with Crippen molar-refractivity contribution >= 4 is 0 Å². The van der Waals surface area contributed by atoms with E-state index in [4.69, 9.17) is 9.60 Å². The van der Waals surface area contributed by atoms with E-state index in [0.29, 0.717) is 5.92 Å². The number of rotatable bonds is 5. The van der Waals surface area contributed by atoms with Crippen molar-refractivity contribution in [2.45, 2.75) is 333 Å². The maximum atomic E-state index is 8.25. The lowest BCUT2D eigenvalue weighted by Gasteiger charge is -2.32. The van der Waals surface area contributed by atoms with E-state index in [0.717, 1.165) is 24.0 Å². The highest BCUT2D eigenvalue weighted by Gasteiger charge is 2.28. The smallest absolute Gasteiger partial charge is 0.0349 e. The Morgan fingerprint density at radius 1 is 0.345 bits per heavy atom. The Morgan fingerprint density at radius 3 is 0.862 bits per heavy atom. The molecule has 1 unspecified atom stereocenters. The molecule has 1 saturated carbocycles. The van der Waals surface area contributed by atoms with Crippen LogP contribution in [0.15, 0.2) is 140 Å². The molecule has 0 aromatic heterocycles. The van der Waals surface area contributed by atoms with E-state index in [2.05, 4.69) is 295 Å². The Kier molecular flexibility index (Phi) is 24.4. The zero-order valence-electron chi connectivity index (χ0n) is 69.3. The molecule has 0 saturated heterocycles. The second-order valence-electron chi connectivity index (χ2n) is 34.7. The average Bonchev–Trinajstić information content (AvgIpc) is 0.821. The van der Waals surface area contributed by atoms with E-state index < -0.39 is 25.0 Å². The van der Waals surface area contributed by atoms with Crippen LogP contribution in [0.5, 0.6) is 0 Å². The fraction of sp³-hybridized carbons (Fsp3) is 0.586. The van der Waals surface area contributed by atoms with Crippen LogP contribution in [0.2, 0.25) is 0 Å². The van der Waals surface area contributed by atoms with E-state index in [1.807, 2.05) is 34.6 Å². The van der Waals surface area contributed by atoms with Crippen LogP contribution in [-0.4, -0.2) is 0 Å². The summed E-state index contributed by atoms with van der Waals surface area (Å²) < 4.78 is 54.4. The van der Waals surface area contributed by atoms with Crippen LogP contribution in [0.25, 0.3) is 0 Å². The maximum absolute atomic E-state index is 8.25. The molecule has 0 radical (unpaired) electrons. The van der Waals surface area contributed by atoms with Crippen molar-refractivity contribution < 1.29 is 9.60 Å². The lowest BCUT2D eigenvalue weighted by atomic mass is 9.73. The molecule has 1 aliphatic rings. The Hall–Kier alpha value is -4.68. The summed E-state index contributed by atoms with van der Waals surface area (Å²) in [7, 11) is 0. The van der Waals surface area contributed by atoms with Gasteiger partial charge in [-0.3, -0.25) is 0 Å². The minimum atomic E-state index is -2.74. The molecule has 1 aliphatic carbocycles.